The highest BCUT2D eigenvalue weighted by atomic mass is 32.2. The Balaban J connectivity index is 2.74. The van der Waals surface area contributed by atoms with Gasteiger partial charge in [-0.05, 0) is 24.5 Å². The number of H-pyrrole nitrogens is 1. The van der Waals surface area contributed by atoms with Crippen LogP contribution >= 0.6 is 11.8 Å². The molecular formula is C10H8N2O3S. The number of carbonyl (C=O) groups is 1. The summed E-state index contributed by atoms with van der Waals surface area (Å²) in [5.74, 6) is -1.24. The van der Waals surface area contributed by atoms with Crippen molar-refractivity contribution in [2.75, 3.05) is 6.26 Å². The van der Waals surface area contributed by atoms with Crippen LogP contribution in [0, 0.1) is 0 Å². The van der Waals surface area contributed by atoms with E-state index >= 15 is 0 Å². The third-order valence-electron chi connectivity index (χ3n) is 2.12. The molecule has 2 aromatic rings. The molecule has 0 unspecified atom stereocenters. The van der Waals surface area contributed by atoms with Gasteiger partial charge in [0.2, 0.25) is 0 Å². The molecule has 0 aromatic carbocycles. The zero-order chi connectivity index (χ0) is 11.7. The average Bonchev–Trinajstić information content (AvgIpc) is 2.27. The predicted molar refractivity (Wildman–Crippen MR) is 61.1 cm³/mol. The van der Waals surface area contributed by atoms with Gasteiger partial charge in [0.05, 0.1) is 5.03 Å². The van der Waals surface area contributed by atoms with Gasteiger partial charge in [-0.3, -0.25) is 4.79 Å². The molecule has 2 N–H and O–H groups in total. The summed E-state index contributed by atoms with van der Waals surface area (Å²) in [7, 11) is 0. The Hall–Kier alpha value is -1.82. The lowest BCUT2D eigenvalue weighted by Crippen LogP contribution is -2.17. The second kappa shape index (κ2) is 3.97. The lowest BCUT2D eigenvalue weighted by Gasteiger charge is -2.00. The van der Waals surface area contributed by atoms with E-state index in [0.717, 1.165) is 5.03 Å². The Labute approximate surface area is 94.5 Å². The number of aromatic nitrogens is 2. The third kappa shape index (κ3) is 1.79. The Morgan fingerprint density at radius 3 is 2.88 bits per heavy atom. The molecule has 0 atom stereocenters. The summed E-state index contributed by atoms with van der Waals surface area (Å²) in [5.41, 5.74) is -0.501. The zero-order valence-electron chi connectivity index (χ0n) is 8.35. The molecule has 6 heteroatoms. The van der Waals surface area contributed by atoms with Crippen molar-refractivity contribution >= 4 is 28.8 Å². The maximum absolute atomic E-state index is 11.4. The molecular weight excluding hydrogens is 228 g/mol. The molecule has 16 heavy (non-hydrogen) atoms. The fraction of sp³-hybridized carbons (Fsp3) is 0.100. The SMILES string of the molecule is CSc1ccc2cc(C(=O)O)c(=O)[nH]c2n1. The first-order valence-corrected chi connectivity index (χ1v) is 5.65. The molecule has 2 rings (SSSR count). The van der Waals surface area contributed by atoms with Crippen LogP contribution in [0.3, 0.4) is 0 Å². The summed E-state index contributed by atoms with van der Waals surface area (Å²) < 4.78 is 0. The molecule has 0 spiro atoms. The molecule has 2 heterocycles. The smallest absolute Gasteiger partial charge is 0.341 e. The first-order valence-electron chi connectivity index (χ1n) is 4.43. The van der Waals surface area contributed by atoms with E-state index in [2.05, 4.69) is 9.97 Å². The van der Waals surface area contributed by atoms with Crippen LogP contribution in [0.1, 0.15) is 10.4 Å². The molecule has 0 fully saturated rings. The lowest BCUT2D eigenvalue weighted by atomic mass is 10.2. The molecule has 0 saturated heterocycles. The molecule has 0 aliphatic heterocycles. The number of aromatic amines is 1. The van der Waals surface area contributed by atoms with Gasteiger partial charge in [0, 0.05) is 5.39 Å². The monoisotopic (exact) mass is 236 g/mol. The van der Waals surface area contributed by atoms with Crippen molar-refractivity contribution in [1.82, 2.24) is 9.97 Å². The average molecular weight is 236 g/mol. The van der Waals surface area contributed by atoms with Crippen molar-refractivity contribution < 1.29 is 9.90 Å². The highest BCUT2D eigenvalue weighted by Crippen LogP contribution is 2.16. The van der Waals surface area contributed by atoms with Crippen LogP contribution in [0.15, 0.2) is 28.0 Å². The topological polar surface area (TPSA) is 83.0 Å². The van der Waals surface area contributed by atoms with Gasteiger partial charge in [0.1, 0.15) is 11.2 Å². The van der Waals surface area contributed by atoms with Gasteiger partial charge in [-0.1, -0.05) is 0 Å². The predicted octanol–water partition coefficient (Wildman–Crippen LogP) is 1.34. The van der Waals surface area contributed by atoms with Gasteiger partial charge >= 0.3 is 5.97 Å². The molecule has 0 radical (unpaired) electrons. The van der Waals surface area contributed by atoms with E-state index in [-0.39, 0.29) is 5.56 Å². The van der Waals surface area contributed by atoms with Crippen LogP contribution in [0.4, 0.5) is 0 Å². The molecule has 2 aromatic heterocycles. The largest absolute Gasteiger partial charge is 0.477 e. The maximum atomic E-state index is 11.4. The van der Waals surface area contributed by atoms with E-state index in [1.165, 1.54) is 17.8 Å². The Morgan fingerprint density at radius 2 is 2.25 bits per heavy atom. The number of rotatable bonds is 2. The molecule has 0 bridgehead atoms. The van der Waals surface area contributed by atoms with Crippen LogP contribution in [0.25, 0.3) is 11.0 Å². The standard InChI is InChI=1S/C10H8N2O3S/c1-16-7-3-2-5-4-6(10(14)15)9(13)12-8(5)11-7/h2-4H,1H3,(H,14,15)(H,11,12,13). The summed E-state index contributed by atoms with van der Waals surface area (Å²) in [6, 6.07) is 4.83. The summed E-state index contributed by atoms with van der Waals surface area (Å²) in [5, 5.41) is 10.2. The summed E-state index contributed by atoms with van der Waals surface area (Å²) in [4.78, 5) is 28.8. The molecule has 0 aliphatic rings. The summed E-state index contributed by atoms with van der Waals surface area (Å²) in [6.07, 6.45) is 1.87. The fourth-order valence-corrected chi connectivity index (χ4v) is 1.72. The molecule has 0 saturated carbocycles. The van der Waals surface area contributed by atoms with Crippen LogP contribution in [0.5, 0.6) is 0 Å². The van der Waals surface area contributed by atoms with Gasteiger partial charge < -0.3 is 10.1 Å². The number of nitrogens with zero attached hydrogens (tertiary/aromatic N) is 1. The van der Waals surface area contributed by atoms with E-state index in [4.69, 9.17) is 5.11 Å². The van der Waals surface area contributed by atoms with Gasteiger partial charge in [0.25, 0.3) is 5.56 Å². The number of aromatic carboxylic acids is 1. The molecule has 5 nitrogen and oxygen atoms in total. The van der Waals surface area contributed by atoms with Crippen molar-refractivity contribution in [2.24, 2.45) is 0 Å². The third-order valence-corrected chi connectivity index (χ3v) is 2.76. The maximum Gasteiger partial charge on any atom is 0.341 e. The second-order valence-corrected chi connectivity index (χ2v) is 3.94. The highest BCUT2D eigenvalue weighted by Gasteiger charge is 2.10. The van der Waals surface area contributed by atoms with E-state index in [9.17, 15) is 9.59 Å². The fourth-order valence-electron chi connectivity index (χ4n) is 1.34. The Morgan fingerprint density at radius 1 is 1.50 bits per heavy atom. The minimum absolute atomic E-state index is 0.272. The van der Waals surface area contributed by atoms with Crippen molar-refractivity contribution in [2.45, 2.75) is 5.03 Å². The van der Waals surface area contributed by atoms with Crippen molar-refractivity contribution in [3.63, 3.8) is 0 Å². The molecule has 0 aliphatic carbocycles. The number of carboxylic acid groups (broad SMARTS) is 1. The minimum atomic E-state index is -1.24. The Bertz CT molecular complexity index is 621. The number of nitrogens with one attached hydrogen (secondary N) is 1. The number of fused-ring (bicyclic) bond motifs is 1. The first kappa shape index (κ1) is 10.7. The number of thioether (sulfide) groups is 1. The zero-order valence-corrected chi connectivity index (χ0v) is 9.17. The van der Waals surface area contributed by atoms with E-state index in [1.807, 2.05) is 6.26 Å². The van der Waals surface area contributed by atoms with Crippen LogP contribution < -0.4 is 5.56 Å². The van der Waals surface area contributed by atoms with Gasteiger partial charge in [-0.2, -0.15) is 0 Å². The summed E-state index contributed by atoms with van der Waals surface area (Å²) in [6.45, 7) is 0. The van der Waals surface area contributed by atoms with Crippen LogP contribution in [0.2, 0.25) is 0 Å². The number of hydrogen-bond acceptors (Lipinski definition) is 4. The second-order valence-electron chi connectivity index (χ2n) is 3.11. The van der Waals surface area contributed by atoms with E-state index in [0.29, 0.717) is 11.0 Å². The van der Waals surface area contributed by atoms with Gasteiger partial charge in [-0.25, -0.2) is 9.78 Å². The highest BCUT2D eigenvalue weighted by molar-refractivity contribution is 7.98. The molecule has 82 valence electrons. The van der Waals surface area contributed by atoms with E-state index < -0.39 is 11.5 Å². The first-order chi connectivity index (χ1) is 7.61. The number of pyridine rings is 2. The van der Waals surface area contributed by atoms with Gasteiger partial charge in [0.15, 0.2) is 0 Å². The minimum Gasteiger partial charge on any atom is -0.477 e. The van der Waals surface area contributed by atoms with Gasteiger partial charge in [-0.15, -0.1) is 11.8 Å². The number of hydrogen-bond donors (Lipinski definition) is 2. The normalized spacial score (nSPS) is 10.6. The van der Waals surface area contributed by atoms with Crippen LogP contribution in [-0.4, -0.2) is 27.3 Å². The Kier molecular flexibility index (Phi) is 2.66. The molecule has 0 amide bonds. The van der Waals surface area contributed by atoms with Crippen molar-refractivity contribution in [3.05, 3.63) is 34.1 Å². The summed E-state index contributed by atoms with van der Waals surface area (Å²) >= 11 is 1.45. The van der Waals surface area contributed by atoms with Crippen molar-refractivity contribution in [3.8, 4) is 0 Å². The quantitative estimate of drug-likeness (QED) is 0.769. The van der Waals surface area contributed by atoms with E-state index in [1.54, 1.807) is 12.1 Å². The van der Waals surface area contributed by atoms with Crippen LogP contribution in [-0.2, 0) is 0 Å². The van der Waals surface area contributed by atoms with Crippen molar-refractivity contribution in [1.29, 1.82) is 0 Å². The number of carboxylic acids is 1. The lowest BCUT2D eigenvalue weighted by molar-refractivity contribution is 0.0695.